The number of likely N-dealkylation sites (tertiary alicyclic amines) is 1. The average Bonchev–Trinajstić information content (AvgIpc) is 2.93. The van der Waals surface area contributed by atoms with Gasteiger partial charge in [0, 0.05) is 20.2 Å². The molecule has 0 bridgehead atoms. The van der Waals surface area contributed by atoms with Gasteiger partial charge in [-0.3, -0.25) is 4.79 Å². The van der Waals surface area contributed by atoms with E-state index in [1.165, 1.54) is 0 Å². The molecule has 0 atom stereocenters. The largest absolute Gasteiger partial charge is 0.484 e. The summed E-state index contributed by atoms with van der Waals surface area (Å²) >= 11 is 0. The highest BCUT2D eigenvalue weighted by Crippen LogP contribution is 2.20. The Morgan fingerprint density at radius 2 is 2.09 bits per heavy atom. The van der Waals surface area contributed by atoms with E-state index in [1.54, 1.807) is 16.7 Å². The van der Waals surface area contributed by atoms with Crippen LogP contribution in [-0.2, 0) is 16.1 Å². The summed E-state index contributed by atoms with van der Waals surface area (Å²) in [4.78, 5) is 13.8. The van der Waals surface area contributed by atoms with E-state index in [0.717, 1.165) is 5.69 Å². The Morgan fingerprint density at radius 1 is 1.32 bits per heavy atom. The molecule has 0 unspecified atom stereocenters. The molecule has 116 valence electrons. The van der Waals surface area contributed by atoms with Gasteiger partial charge in [0.05, 0.1) is 18.8 Å². The number of hydrogen-bond donors (Lipinski definition) is 0. The number of para-hydroxylation sites is 1. The van der Waals surface area contributed by atoms with Gasteiger partial charge in [0.15, 0.2) is 6.61 Å². The molecular weight excluding hydrogens is 284 g/mol. The van der Waals surface area contributed by atoms with Crippen molar-refractivity contribution in [2.24, 2.45) is 0 Å². The Morgan fingerprint density at radius 3 is 2.82 bits per heavy atom. The van der Waals surface area contributed by atoms with Crippen molar-refractivity contribution in [1.82, 2.24) is 19.9 Å². The summed E-state index contributed by atoms with van der Waals surface area (Å²) < 4.78 is 12.3. The maximum atomic E-state index is 12.0. The van der Waals surface area contributed by atoms with E-state index >= 15 is 0 Å². The number of ether oxygens (including phenoxy) is 2. The van der Waals surface area contributed by atoms with Crippen molar-refractivity contribution in [3.05, 3.63) is 42.2 Å². The second-order valence-corrected chi connectivity index (χ2v) is 5.18. The van der Waals surface area contributed by atoms with Crippen LogP contribution in [0, 0.1) is 0 Å². The van der Waals surface area contributed by atoms with E-state index in [-0.39, 0.29) is 18.6 Å². The van der Waals surface area contributed by atoms with Gasteiger partial charge in [-0.25, -0.2) is 4.68 Å². The van der Waals surface area contributed by atoms with Crippen LogP contribution in [0.15, 0.2) is 36.5 Å². The van der Waals surface area contributed by atoms with Crippen LogP contribution in [0.1, 0.15) is 11.7 Å². The van der Waals surface area contributed by atoms with Gasteiger partial charge in [-0.05, 0) is 12.1 Å². The third-order valence-electron chi connectivity index (χ3n) is 3.54. The van der Waals surface area contributed by atoms with Crippen LogP contribution in [-0.4, -0.2) is 52.6 Å². The Labute approximate surface area is 128 Å². The van der Waals surface area contributed by atoms with Crippen LogP contribution in [0.2, 0.25) is 0 Å². The third kappa shape index (κ3) is 3.25. The minimum atomic E-state index is -0.0164. The fraction of sp³-hybridized carbons (Fsp3) is 0.400. The number of rotatable bonds is 6. The van der Waals surface area contributed by atoms with Crippen molar-refractivity contribution in [2.75, 3.05) is 26.8 Å². The summed E-state index contributed by atoms with van der Waals surface area (Å²) in [5.74, 6) is 0.686. The number of carbonyl (C=O) groups excluding carboxylic acids is 1. The van der Waals surface area contributed by atoms with Crippen molar-refractivity contribution in [2.45, 2.75) is 12.6 Å². The molecule has 0 aliphatic carbocycles. The lowest BCUT2D eigenvalue weighted by molar-refractivity contribution is -0.139. The fourth-order valence-electron chi connectivity index (χ4n) is 2.29. The van der Waals surface area contributed by atoms with Crippen molar-refractivity contribution in [3.8, 4) is 5.75 Å². The highest BCUT2D eigenvalue weighted by molar-refractivity contribution is 5.78. The van der Waals surface area contributed by atoms with E-state index in [0.29, 0.717) is 25.4 Å². The summed E-state index contributed by atoms with van der Waals surface area (Å²) in [6.45, 7) is 1.77. The zero-order valence-corrected chi connectivity index (χ0v) is 12.4. The topological polar surface area (TPSA) is 69.5 Å². The smallest absolute Gasteiger partial charge is 0.260 e. The first-order valence-corrected chi connectivity index (χ1v) is 7.11. The summed E-state index contributed by atoms with van der Waals surface area (Å²) in [7, 11) is 1.62. The van der Waals surface area contributed by atoms with E-state index < -0.39 is 0 Å². The first-order chi connectivity index (χ1) is 10.8. The molecule has 22 heavy (non-hydrogen) atoms. The molecule has 1 fully saturated rings. The molecule has 0 saturated carbocycles. The second-order valence-electron chi connectivity index (χ2n) is 5.18. The van der Waals surface area contributed by atoms with Gasteiger partial charge in [-0.1, -0.05) is 23.4 Å². The molecule has 7 heteroatoms. The molecular formula is C15H18N4O3. The minimum absolute atomic E-state index is 0.0164. The quantitative estimate of drug-likeness (QED) is 0.792. The van der Waals surface area contributed by atoms with Gasteiger partial charge in [0.2, 0.25) is 0 Å². The number of aromatic nitrogens is 3. The normalized spacial score (nSPS) is 14.7. The Kier molecular flexibility index (Phi) is 4.34. The lowest BCUT2D eigenvalue weighted by Crippen LogP contribution is -2.52. The maximum Gasteiger partial charge on any atom is 0.260 e. The number of hydrogen-bond acceptors (Lipinski definition) is 5. The molecule has 1 amide bonds. The molecule has 2 aromatic rings. The number of amides is 1. The highest BCUT2D eigenvalue weighted by Gasteiger charge is 2.32. The first-order valence-electron chi connectivity index (χ1n) is 7.11. The fourth-order valence-corrected chi connectivity index (χ4v) is 2.29. The molecule has 3 rings (SSSR count). The van der Waals surface area contributed by atoms with Gasteiger partial charge in [0.25, 0.3) is 5.91 Å². The Bertz CT molecular complexity index is 623. The first kappa shape index (κ1) is 14.5. The van der Waals surface area contributed by atoms with E-state index in [9.17, 15) is 4.79 Å². The zero-order valence-electron chi connectivity index (χ0n) is 12.4. The summed E-state index contributed by atoms with van der Waals surface area (Å²) in [5.41, 5.74) is 0.791. The van der Waals surface area contributed by atoms with E-state index in [4.69, 9.17) is 9.47 Å². The zero-order chi connectivity index (χ0) is 15.4. The summed E-state index contributed by atoms with van der Waals surface area (Å²) in [6, 6.07) is 9.50. The molecule has 1 saturated heterocycles. The lowest BCUT2D eigenvalue weighted by atomic mass is 10.1. The summed E-state index contributed by atoms with van der Waals surface area (Å²) in [6.07, 6.45) is 1.86. The Hall–Kier alpha value is -2.41. The minimum Gasteiger partial charge on any atom is -0.484 e. The molecule has 2 heterocycles. The van der Waals surface area contributed by atoms with Crippen LogP contribution in [0.3, 0.4) is 0 Å². The van der Waals surface area contributed by atoms with Crippen molar-refractivity contribution in [3.63, 3.8) is 0 Å². The van der Waals surface area contributed by atoms with Gasteiger partial charge in [-0.2, -0.15) is 0 Å². The Balaban J connectivity index is 1.45. The number of methoxy groups -OCH3 is 1. The van der Waals surface area contributed by atoms with Crippen LogP contribution in [0.5, 0.6) is 5.75 Å². The van der Waals surface area contributed by atoms with Crippen LogP contribution in [0.25, 0.3) is 0 Å². The second kappa shape index (κ2) is 6.57. The number of benzene rings is 1. The van der Waals surface area contributed by atoms with Gasteiger partial charge in [-0.15, -0.1) is 5.10 Å². The molecule has 1 aliphatic rings. The lowest BCUT2D eigenvalue weighted by Gasteiger charge is -2.38. The highest BCUT2D eigenvalue weighted by atomic mass is 16.5. The van der Waals surface area contributed by atoms with Gasteiger partial charge >= 0.3 is 0 Å². The summed E-state index contributed by atoms with van der Waals surface area (Å²) in [5, 5.41) is 8.08. The third-order valence-corrected chi connectivity index (χ3v) is 3.54. The van der Waals surface area contributed by atoms with Crippen LogP contribution in [0.4, 0.5) is 0 Å². The number of nitrogens with zero attached hydrogens (tertiary/aromatic N) is 4. The molecule has 7 nitrogen and oxygen atoms in total. The molecule has 0 spiro atoms. The van der Waals surface area contributed by atoms with Gasteiger partial charge in [0.1, 0.15) is 11.4 Å². The standard InChI is InChI=1S/C15H18N4O3/c1-21-10-12-7-19(17-16-12)13-8-18(9-13)15(20)11-22-14-5-3-2-4-6-14/h2-7,13H,8-11H2,1H3. The van der Waals surface area contributed by atoms with E-state index in [2.05, 4.69) is 10.3 Å². The molecule has 0 radical (unpaired) electrons. The number of carbonyl (C=O) groups is 1. The predicted molar refractivity (Wildman–Crippen MR) is 78.3 cm³/mol. The monoisotopic (exact) mass is 302 g/mol. The molecule has 1 aromatic heterocycles. The van der Waals surface area contributed by atoms with Crippen molar-refractivity contribution < 1.29 is 14.3 Å². The van der Waals surface area contributed by atoms with E-state index in [1.807, 2.05) is 36.5 Å². The predicted octanol–water partition coefficient (Wildman–Crippen LogP) is 0.887. The van der Waals surface area contributed by atoms with Crippen molar-refractivity contribution >= 4 is 5.91 Å². The molecule has 0 N–H and O–H groups in total. The van der Waals surface area contributed by atoms with Gasteiger partial charge < -0.3 is 14.4 Å². The maximum absolute atomic E-state index is 12.0. The molecule has 1 aliphatic heterocycles. The van der Waals surface area contributed by atoms with Crippen LogP contribution >= 0.6 is 0 Å². The van der Waals surface area contributed by atoms with Crippen molar-refractivity contribution in [1.29, 1.82) is 0 Å². The average molecular weight is 302 g/mol. The molecule has 1 aromatic carbocycles. The SMILES string of the molecule is COCc1cn(C2CN(C(=O)COc3ccccc3)C2)nn1. The van der Waals surface area contributed by atoms with Crippen LogP contribution < -0.4 is 4.74 Å².